The van der Waals surface area contributed by atoms with Crippen LogP contribution in [0.5, 0.6) is 5.75 Å². The van der Waals surface area contributed by atoms with E-state index in [2.05, 4.69) is 10.6 Å². The molecule has 186 valence electrons. The van der Waals surface area contributed by atoms with Gasteiger partial charge in [-0.2, -0.15) is 0 Å². The van der Waals surface area contributed by atoms with Crippen molar-refractivity contribution in [1.82, 2.24) is 5.32 Å². The number of carbonyl (C=O) groups excluding carboxylic acids is 3. The first kappa shape index (κ1) is 26.2. The fraction of sp³-hybridized carbons (Fsp3) is 0.154. The van der Waals surface area contributed by atoms with Gasteiger partial charge in [0.25, 0.3) is 5.91 Å². The average Bonchev–Trinajstić information content (AvgIpc) is 2.85. The molecule has 10 heteroatoms. The van der Waals surface area contributed by atoms with Gasteiger partial charge in [0, 0.05) is 12.1 Å². The van der Waals surface area contributed by atoms with Crippen LogP contribution < -0.4 is 15.4 Å². The van der Waals surface area contributed by atoms with Gasteiger partial charge in [0.2, 0.25) is 0 Å². The normalized spacial score (nSPS) is 11.2. The van der Waals surface area contributed by atoms with Gasteiger partial charge < -0.3 is 19.9 Å². The minimum Gasteiger partial charge on any atom is -0.480 e. The molecule has 0 unspecified atom stereocenters. The third kappa shape index (κ3) is 7.31. The van der Waals surface area contributed by atoms with E-state index >= 15 is 0 Å². The second-order valence-corrected chi connectivity index (χ2v) is 7.91. The minimum absolute atomic E-state index is 0.00478. The predicted molar refractivity (Wildman–Crippen MR) is 133 cm³/mol. The summed E-state index contributed by atoms with van der Waals surface area (Å²) in [7, 11) is 0. The zero-order chi connectivity index (χ0) is 26.1. The molecule has 0 spiro atoms. The Morgan fingerprint density at radius 2 is 1.61 bits per heavy atom. The summed E-state index contributed by atoms with van der Waals surface area (Å²) in [4.78, 5) is 48.0. The molecule has 0 fully saturated rings. The molecule has 3 aromatic carbocycles. The Hall–Kier alpha value is -4.37. The summed E-state index contributed by atoms with van der Waals surface area (Å²) >= 11 is 6.01. The molecule has 0 aliphatic carbocycles. The van der Waals surface area contributed by atoms with Gasteiger partial charge in [-0.05, 0) is 61.0 Å². The summed E-state index contributed by atoms with van der Waals surface area (Å²) in [5, 5.41) is 14.8. The highest BCUT2D eigenvalue weighted by Crippen LogP contribution is 2.18. The van der Waals surface area contributed by atoms with Crippen LogP contribution in [-0.4, -0.2) is 41.7 Å². The fourth-order valence-electron chi connectivity index (χ4n) is 3.17. The number of hydrogen-bond donors (Lipinski definition) is 3. The van der Waals surface area contributed by atoms with Crippen LogP contribution in [0.2, 0.25) is 5.02 Å². The van der Waals surface area contributed by atoms with Crippen LogP contribution in [0.3, 0.4) is 0 Å². The third-order valence-electron chi connectivity index (χ3n) is 4.94. The first-order valence-electron chi connectivity index (χ1n) is 10.9. The van der Waals surface area contributed by atoms with Gasteiger partial charge in [0.15, 0.2) is 0 Å². The maximum absolute atomic E-state index is 12.4. The highest BCUT2D eigenvalue weighted by molar-refractivity contribution is 6.33. The molecule has 0 aliphatic heterocycles. The second-order valence-electron chi connectivity index (χ2n) is 7.50. The Morgan fingerprint density at radius 1 is 0.944 bits per heavy atom. The average molecular weight is 511 g/mol. The SMILES string of the molecule is CCOC(=O)c1ccc(NC(=O)Oc2ccc(C[C@H](NC(=O)c3ccccc3Cl)C(=O)O)cc2)cc1. The number of aliphatic carboxylic acids is 1. The molecule has 36 heavy (non-hydrogen) atoms. The lowest BCUT2D eigenvalue weighted by Gasteiger charge is -2.15. The van der Waals surface area contributed by atoms with E-state index in [4.69, 9.17) is 21.1 Å². The molecule has 2 amide bonds. The van der Waals surface area contributed by atoms with E-state index < -0.39 is 30.0 Å². The van der Waals surface area contributed by atoms with Crippen molar-refractivity contribution in [2.24, 2.45) is 0 Å². The lowest BCUT2D eigenvalue weighted by Crippen LogP contribution is -2.42. The highest BCUT2D eigenvalue weighted by Gasteiger charge is 2.22. The zero-order valence-electron chi connectivity index (χ0n) is 19.2. The largest absolute Gasteiger partial charge is 0.480 e. The number of amides is 2. The fourth-order valence-corrected chi connectivity index (χ4v) is 3.39. The molecular weight excluding hydrogens is 488 g/mol. The van der Waals surface area contributed by atoms with Crippen molar-refractivity contribution in [3.05, 3.63) is 94.5 Å². The van der Waals surface area contributed by atoms with Gasteiger partial charge in [-0.25, -0.2) is 14.4 Å². The molecule has 0 aromatic heterocycles. The lowest BCUT2D eigenvalue weighted by atomic mass is 10.1. The smallest absolute Gasteiger partial charge is 0.417 e. The number of carboxylic acid groups (broad SMARTS) is 1. The van der Waals surface area contributed by atoms with Gasteiger partial charge in [-0.1, -0.05) is 35.9 Å². The number of benzene rings is 3. The number of esters is 1. The number of carbonyl (C=O) groups is 4. The summed E-state index contributed by atoms with van der Waals surface area (Å²) in [6, 6.07) is 17.5. The van der Waals surface area contributed by atoms with Gasteiger partial charge in [-0.15, -0.1) is 0 Å². The molecule has 0 aliphatic rings. The third-order valence-corrected chi connectivity index (χ3v) is 5.27. The summed E-state index contributed by atoms with van der Waals surface area (Å²) in [6.07, 6.45) is -0.743. The van der Waals surface area contributed by atoms with E-state index in [9.17, 15) is 24.3 Å². The molecule has 3 N–H and O–H groups in total. The molecular formula is C26H23ClN2O7. The van der Waals surface area contributed by atoms with E-state index in [1.165, 1.54) is 30.3 Å². The van der Waals surface area contributed by atoms with Gasteiger partial charge >= 0.3 is 18.0 Å². The number of ether oxygens (including phenoxy) is 2. The van der Waals surface area contributed by atoms with Gasteiger partial charge in [0.05, 0.1) is 22.8 Å². The van der Waals surface area contributed by atoms with Crippen LogP contribution in [0, 0.1) is 0 Å². The van der Waals surface area contributed by atoms with Crippen molar-refractivity contribution in [2.45, 2.75) is 19.4 Å². The Balaban J connectivity index is 1.56. The monoisotopic (exact) mass is 510 g/mol. The summed E-state index contributed by atoms with van der Waals surface area (Å²) in [6.45, 7) is 1.97. The van der Waals surface area contributed by atoms with E-state index in [1.807, 2.05) is 0 Å². The number of carboxylic acids is 1. The summed E-state index contributed by atoms with van der Waals surface area (Å²) in [5.74, 6) is -2.03. The van der Waals surface area contributed by atoms with E-state index in [1.54, 1.807) is 49.4 Å². The van der Waals surface area contributed by atoms with Crippen LogP contribution in [0.4, 0.5) is 10.5 Å². The van der Waals surface area contributed by atoms with Crippen molar-refractivity contribution >= 4 is 41.2 Å². The Kier molecular flexibility index (Phi) is 9.01. The Morgan fingerprint density at radius 3 is 2.22 bits per heavy atom. The van der Waals surface area contributed by atoms with Crippen molar-refractivity contribution in [3.8, 4) is 5.75 Å². The van der Waals surface area contributed by atoms with Crippen LogP contribution in [0.1, 0.15) is 33.2 Å². The van der Waals surface area contributed by atoms with Crippen molar-refractivity contribution in [1.29, 1.82) is 0 Å². The van der Waals surface area contributed by atoms with E-state index in [0.717, 1.165) is 0 Å². The summed E-state index contributed by atoms with van der Waals surface area (Å²) < 4.78 is 10.1. The number of rotatable bonds is 9. The highest BCUT2D eigenvalue weighted by atomic mass is 35.5. The van der Waals surface area contributed by atoms with Crippen molar-refractivity contribution < 1.29 is 33.8 Å². The first-order valence-corrected chi connectivity index (χ1v) is 11.3. The molecule has 0 radical (unpaired) electrons. The van der Waals surface area contributed by atoms with E-state index in [0.29, 0.717) is 16.8 Å². The molecule has 3 rings (SSSR count). The molecule has 0 heterocycles. The molecule has 9 nitrogen and oxygen atoms in total. The van der Waals surface area contributed by atoms with Crippen LogP contribution >= 0.6 is 11.6 Å². The molecule has 1 atom stereocenters. The molecule has 0 saturated heterocycles. The Labute approximate surface area is 212 Å². The van der Waals surface area contributed by atoms with Gasteiger partial charge in [0.1, 0.15) is 11.8 Å². The van der Waals surface area contributed by atoms with Gasteiger partial charge in [-0.3, -0.25) is 10.1 Å². The lowest BCUT2D eigenvalue weighted by molar-refractivity contribution is -0.139. The zero-order valence-corrected chi connectivity index (χ0v) is 20.0. The number of nitrogens with one attached hydrogen (secondary N) is 2. The second kappa shape index (κ2) is 12.4. The number of halogens is 1. The maximum Gasteiger partial charge on any atom is 0.417 e. The van der Waals surface area contributed by atoms with Crippen molar-refractivity contribution in [2.75, 3.05) is 11.9 Å². The Bertz CT molecular complexity index is 1240. The predicted octanol–water partition coefficient (Wildman–Crippen LogP) is 4.55. The number of hydrogen-bond acceptors (Lipinski definition) is 6. The van der Waals surface area contributed by atoms with Crippen LogP contribution in [0.15, 0.2) is 72.8 Å². The maximum atomic E-state index is 12.4. The van der Waals surface area contributed by atoms with Crippen LogP contribution in [0.25, 0.3) is 0 Å². The van der Waals surface area contributed by atoms with E-state index in [-0.39, 0.29) is 29.4 Å². The molecule has 3 aromatic rings. The quantitative estimate of drug-likeness (QED) is 0.360. The molecule has 0 bridgehead atoms. The van der Waals surface area contributed by atoms with Crippen LogP contribution in [-0.2, 0) is 16.0 Å². The topological polar surface area (TPSA) is 131 Å². The molecule has 0 saturated carbocycles. The minimum atomic E-state index is -1.20. The number of anilines is 1. The van der Waals surface area contributed by atoms with Crippen molar-refractivity contribution in [3.63, 3.8) is 0 Å². The standard InChI is InChI=1S/C26H23ClN2O7/c1-2-35-25(33)17-9-11-18(12-10-17)28-26(34)36-19-13-7-16(8-14-19)15-22(24(31)32)29-23(30)20-5-3-4-6-21(20)27/h3-14,22H,2,15H2,1H3,(H,28,34)(H,29,30)(H,31,32)/t22-/m0/s1. The first-order chi connectivity index (χ1) is 17.3. The summed E-state index contributed by atoms with van der Waals surface area (Å²) in [5.41, 5.74) is 1.55.